The van der Waals surface area contributed by atoms with Gasteiger partial charge in [-0.05, 0) is 23.6 Å². The van der Waals surface area contributed by atoms with Crippen LogP contribution in [0.25, 0.3) is 6.08 Å². The number of aliphatic hydroxyl groups is 1. The highest BCUT2D eigenvalue weighted by atomic mass is 16.3. The van der Waals surface area contributed by atoms with Crippen LogP contribution in [-0.2, 0) is 0 Å². The Bertz CT molecular complexity index is 735. The van der Waals surface area contributed by atoms with Crippen LogP contribution in [0, 0.1) is 0 Å². The average molecular weight is 314 g/mol. The number of hydrogen-bond donors (Lipinski definition) is 1. The third kappa shape index (κ3) is 3.81. The van der Waals surface area contributed by atoms with E-state index in [1.165, 1.54) is 0 Å². The first kappa shape index (κ1) is 16.2. The molecule has 3 aromatic carbocycles. The fourth-order valence-electron chi connectivity index (χ4n) is 3.08. The van der Waals surface area contributed by atoms with Crippen molar-refractivity contribution in [2.24, 2.45) is 0 Å². The number of rotatable bonds is 5. The van der Waals surface area contributed by atoms with Gasteiger partial charge < -0.3 is 5.11 Å². The zero-order chi connectivity index (χ0) is 16.8. The van der Waals surface area contributed by atoms with E-state index in [4.69, 9.17) is 0 Å². The van der Waals surface area contributed by atoms with Crippen LogP contribution in [-0.4, -0.2) is 10.7 Å². The van der Waals surface area contributed by atoms with Gasteiger partial charge in [0.25, 0.3) is 0 Å². The maximum Gasteiger partial charge on any atom is 0.0911 e. The molecule has 1 unspecified atom stereocenters. The summed E-state index contributed by atoms with van der Waals surface area (Å²) in [6.45, 7) is 1.87. The zero-order valence-corrected chi connectivity index (χ0v) is 13.8. The van der Waals surface area contributed by atoms with Crippen LogP contribution in [0.5, 0.6) is 0 Å². The number of hydrogen-bond acceptors (Lipinski definition) is 1. The molecule has 0 spiro atoms. The maximum atomic E-state index is 11.3. The Labute approximate surface area is 143 Å². The Hall–Kier alpha value is -2.64. The molecule has 0 heterocycles. The molecule has 1 heteroatoms. The van der Waals surface area contributed by atoms with Gasteiger partial charge in [-0.15, -0.1) is 0 Å². The van der Waals surface area contributed by atoms with E-state index in [2.05, 4.69) is 24.3 Å². The molecular formula is C23H22O. The first-order valence-corrected chi connectivity index (χ1v) is 8.23. The Morgan fingerprint density at radius 1 is 0.708 bits per heavy atom. The highest BCUT2D eigenvalue weighted by molar-refractivity contribution is 5.52. The Morgan fingerprint density at radius 3 is 1.58 bits per heavy atom. The molecular weight excluding hydrogens is 292 g/mol. The molecule has 0 aliphatic carbocycles. The molecule has 120 valence electrons. The summed E-state index contributed by atoms with van der Waals surface area (Å²) in [6.07, 6.45) is 3.88. The molecule has 0 aliphatic heterocycles. The first-order valence-electron chi connectivity index (χ1n) is 8.23. The second kappa shape index (κ2) is 7.29. The van der Waals surface area contributed by atoms with Crippen molar-refractivity contribution < 1.29 is 5.11 Å². The van der Waals surface area contributed by atoms with E-state index in [1.54, 1.807) is 0 Å². The van der Waals surface area contributed by atoms with Gasteiger partial charge in [0.15, 0.2) is 0 Å². The van der Waals surface area contributed by atoms with Gasteiger partial charge in [0.1, 0.15) is 0 Å². The van der Waals surface area contributed by atoms with Gasteiger partial charge in [-0.1, -0.05) is 103 Å². The smallest absolute Gasteiger partial charge is 0.0911 e. The lowest BCUT2D eigenvalue weighted by molar-refractivity contribution is 0.0943. The van der Waals surface area contributed by atoms with Crippen molar-refractivity contribution in [3.8, 4) is 0 Å². The van der Waals surface area contributed by atoms with Crippen molar-refractivity contribution in [2.75, 3.05) is 0 Å². The second-order valence-corrected chi connectivity index (χ2v) is 6.22. The first-order chi connectivity index (χ1) is 11.7. The molecule has 0 saturated heterocycles. The lowest BCUT2D eigenvalue weighted by Crippen LogP contribution is -2.31. The minimum absolute atomic E-state index is 0.125. The molecule has 0 fully saturated rings. The molecule has 3 rings (SSSR count). The lowest BCUT2D eigenvalue weighted by Gasteiger charge is -2.31. The minimum Gasteiger partial charge on any atom is -0.385 e. The van der Waals surface area contributed by atoms with E-state index >= 15 is 0 Å². The standard InChI is InChI=1S/C23H22O/c1-23(24,18-17-19-11-5-2-6-12-19)22(20-13-7-3-8-14-20)21-15-9-4-10-16-21/h2-18,22,24H,1H3/b18-17+. The van der Waals surface area contributed by atoms with E-state index in [0.717, 1.165) is 16.7 Å². The van der Waals surface area contributed by atoms with E-state index in [0.29, 0.717) is 0 Å². The fourth-order valence-corrected chi connectivity index (χ4v) is 3.08. The quantitative estimate of drug-likeness (QED) is 0.679. The summed E-state index contributed by atoms with van der Waals surface area (Å²) in [6, 6.07) is 30.4. The van der Waals surface area contributed by atoms with Crippen molar-refractivity contribution in [1.29, 1.82) is 0 Å². The normalized spacial score (nSPS) is 14.0. The molecule has 1 nitrogen and oxygen atoms in total. The van der Waals surface area contributed by atoms with E-state index in [1.807, 2.05) is 85.8 Å². The molecule has 0 saturated carbocycles. The Balaban J connectivity index is 2.00. The van der Waals surface area contributed by atoms with Crippen LogP contribution in [0.4, 0.5) is 0 Å². The van der Waals surface area contributed by atoms with Crippen molar-refractivity contribution in [2.45, 2.75) is 18.4 Å². The summed E-state index contributed by atoms with van der Waals surface area (Å²) in [5.41, 5.74) is 2.29. The predicted octanol–water partition coefficient (Wildman–Crippen LogP) is 5.28. The monoisotopic (exact) mass is 314 g/mol. The average Bonchev–Trinajstić information content (AvgIpc) is 2.63. The van der Waals surface area contributed by atoms with Crippen molar-refractivity contribution >= 4 is 6.08 Å². The second-order valence-electron chi connectivity index (χ2n) is 6.22. The van der Waals surface area contributed by atoms with E-state index in [-0.39, 0.29) is 5.92 Å². The van der Waals surface area contributed by atoms with Gasteiger partial charge in [-0.25, -0.2) is 0 Å². The highest BCUT2D eigenvalue weighted by Gasteiger charge is 2.31. The van der Waals surface area contributed by atoms with Gasteiger partial charge in [0.2, 0.25) is 0 Å². The Morgan fingerprint density at radius 2 is 1.12 bits per heavy atom. The molecule has 0 amide bonds. The van der Waals surface area contributed by atoms with Crippen LogP contribution in [0.2, 0.25) is 0 Å². The number of benzene rings is 3. The topological polar surface area (TPSA) is 20.2 Å². The highest BCUT2D eigenvalue weighted by Crippen LogP contribution is 2.36. The summed E-state index contributed by atoms with van der Waals surface area (Å²) in [7, 11) is 0. The largest absolute Gasteiger partial charge is 0.385 e. The van der Waals surface area contributed by atoms with Gasteiger partial charge in [-0.2, -0.15) is 0 Å². The molecule has 24 heavy (non-hydrogen) atoms. The van der Waals surface area contributed by atoms with E-state index in [9.17, 15) is 5.11 Å². The summed E-state index contributed by atoms with van der Waals surface area (Å²) in [5, 5.41) is 11.3. The van der Waals surface area contributed by atoms with Crippen molar-refractivity contribution in [1.82, 2.24) is 0 Å². The summed E-state index contributed by atoms with van der Waals surface area (Å²) < 4.78 is 0. The van der Waals surface area contributed by atoms with Gasteiger partial charge in [0.05, 0.1) is 5.60 Å². The molecule has 0 aromatic heterocycles. The van der Waals surface area contributed by atoms with Crippen LogP contribution >= 0.6 is 0 Å². The zero-order valence-electron chi connectivity index (χ0n) is 13.8. The summed E-state index contributed by atoms with van der Waals surface area (Å²) >= 11 is 0. The van der Waals surface area contributed by atoms with Gasteiger partial charge >= 0.3 is 0 Å². The molecule has 1 N–H and O–H groups in total. The molecule has 3 aromatic rings. The minimum atomic E-state index is -1.00. The summed E-state index contributed by atoms with van der Waals surface area (Å²) in [5.74, 6) is -0.125. The Kier molecular flexibility index (Phi) is 4.93. The van der Waals surface area contributed by atoms with Crippen LogP contribution in [0.15, 0.2) is 97.1 Å². The molecule has 0 radical (unpaired) electrons. The fraction of sp³-hybridized carbons (Fsp3) is 0.130. The molecule has 0 bridgehead atoms. The van der Waals surface area contributed by atoms with Crippen LogP contribution in [0.3, 0.4) is 0 Å². The third-order valence-corrected chi connectivity index (χ3v) is 4.26. The maximum absolute atomic E-state index is 11.3. The third-order valence-electron chi connectivity index (χ3n) is 4.26. The van der Waals surface area contributed by atoms with Gasteiger partial charge in [-0.3, -0.25) is 0 Å². The predicted molar refractivity (Wildman–Crippen MR) is 101 cm³/mol. The van der Waals surface area contributed by atoms with Crippen LogP contribution in [0.1, 0.15) is 29.5 Å². The van der Waals surface area contributed by atoms with E-state index < -0.39 is 5.60 Å². The van der Waals surface area contributed by atoms with Crippen molar-refractivity contribution in [3.05, 3.63) is 114 Å². The molecule has 1 atom stereocenters. The molecule has 0 aliphatic rings. The van der Waals surface area contributed by atoms with Crippen LogP contribution < -0.4 is 0 Å². The van der Waals surface area contributed by atoms with Crippen molar-refractivity contribution in [3.63, 3.8) is 0 Å². The summed E-state index contributed by atoms with van der Waals surface area (Å²) in [4.78, 5) is 0. The SMILES string of the molecule is CC(O)(/C=C/c1ccccc1)C(c1ccccc1)c1ccccc1. The van der Waals surface area contributed by atoms with Gasteiger partial charge in [0, 0.05) is 5.92 Å². The lowest BCUT2D eigenvalue weighted by atomic mass is 9.78.